The average molecular weight is 452 g/mol. The van der Waals surface area contributed by atoms with E-state index in [9.17, 15) is 4.79 Å². The van der Waals surface area contributed by atoms with Crippen LogP contribution in [0.5, 0.6) is 0 Å². The van der Waals surface area contributed by atoms with Gasteiger partial charge in [0.1, 0.15) is 23.1 Å². The molecule has 0 spiro atoms. The number of hydrogen-bond acceptors (Lipinski definition) is 8. The van der Waals surface area contributed by atoms with Crippen molar-refractivity contribution in [3.63, 3.8) is 0 Å². The van der Waals surface area contributed by atoms with Gasteiger partial charge in [-0.25, -0.2) is 14.8 Å². The molecule has 0 bridgehead atoms. The zero-order valence-corrected chi connectivity index (χ0v) is 19.3. The Morgan fingerprint density at radius 3 is 2.88 bits per heavy atom. The summed E-state index contributed by atoms with van der Waals surface area (Å²) in [6.45, 7) is 0. The van der Waals surface area contributed by atoms with Gasteiger partial charge in [0, 0.05) is 44.9 Å². The number of amides is 1. The number of aromatic nitrogens is 4. The number of fused-ring (bicyclic) bond motifs is 4. The SMILES string of the molecule is CN(C)C(=O)OC1CCc2c(sc3ncnc(Nc4cc5cn[nH]c5cc4N(C)C)c23)C1. The summed E-state index contributed by atoms with van der Waals surface area (Å²) in [4.78, 5) is 26.8. The first kappa shape index (κ1) is 20.5. The van der Waals surface area contributed by atoms with Crippen LogP contribution >= 0.6 is 11.3 Å². The van der Waals surface area contributed by atoms with Gasteiger partial charge in [-0.3, -0.25) is 5.10 Å². The fourth-order valence-electron chi connectivity index (χ4n) is 4.10. The summed E-state index contributed by atoms with van der Waals surface area (Å²) < 4.78 is 5.63. The molecule has 166 valence electrons. The van der Waals surface area contributed by atoms with Crippen LogP contribution in [-0.2, 0) is 17.6 Å². The van der Waals surface area contributed by atoms with E-state index in [-0.39, 0.29) is 12.2 Å². The minimum atomic E-state index is -0.299. The van der Waals surface area contributed by atoms with Gasteiger partial charge in [0.15, 0.2) is 0 Å². The van der Waals surface area contributed by atoms with Crippen LogP contribution < -0.4 is 10.2 Å². The van der Waals surface area contributed by atoms with E-state index in [1.807, 2.05) is 20.3 Å². The highest BCUT2D eigenvalue weighted by Gasteiger charge is 2.28. The van der Waals surface area contributed by atoms with Crippen molar-refractivity contribution < 1.29 is 9.53 Å². The minimum Gasteiger partial charge on any atom is -0.446 e. The molecule has 3 heterocycles. The van der Waals surface area contributed by atoms with Gasteiger partial charge in [0.25, 0.3) is 0 Å². The van der Waals surface area contributed by atoms with E-state index in [2.05, 4.69) is 42.5 Å². The van der Waals surface area contributed by atoms with Crippen LogP contribution in [0.2, 0.25) is 0 Å². The maximum absolute atomic E-state index is 12.0. The highest BCUT2D eigenvalue weighted by atomic mass is 32.1. The molecule has 1 amide bonds. The van der Waals surface area contributed by atoms with Crippen LogP contribution in [0.3, 0.4) is 0 Å². The number of carbonyl (C=O) groups is 1. The summed E-state index contributed by atoms with van der Waals surface area (Å²) in [5.41, 5.74) is 4.23. The fourth-order valence-corrected chi connectivity index (χ4v) is 5.35. The third-order valence-electron chi connectivity index (χ3n) is 5.72. The normalized spacial score (nSPS) is 15.6. The van der Waals surface area contributed by atoms with E-state index in [0.717, 1.165) is 51.2 Å². The maximum Gasteiger partial charge on any atom is 0.409 e. The third-order valence-corrected chi connectivity index (χ3v) is 6.89. The molecule has 1 unspecified atom stereocenters. The molecular formula is C22H25N7O2S. The van der Waals surface area contributed by atoms with E-state index in [1.54, 1.807) is 31.8 Å². The Balaban J connectivity index is 1.51. The molecule has 3 aromatic heterocycles. The largest absolute Gasteiger partial charge is 0.446 e. The van der Waals surface area contributed by atoms with Crippen molar-refractivity contribution in [1.82, 2.24) is 25.1 Å². The maximum atomic E-state index is 12.0. The van der Waals surface area contributed by atoms with Crippen molar-refractivity contribution in [2.24, 2.45) is 0 Å². The van der Waals surface area contributed by atoms with E-state index < -0.39 is 0 Å². The Morgan fingerprint density at radius 2 is 2.09 bits per heavy atom. The van der Waals surface area contributed by atoms with Crippen molar-refractivity contribution in [3.8, 4) is 0 Å². The first-order valence-electron chi connectivity index (χ1n) is 10.5. The number of hydrogen-bond donors (Lipinski definition) is 2. The minimum absolute atomic E-state index is 0.112. The van der Waals surface area contributed by atoms with Gasteiger partial charge in [-0.1, -0.05) is 0 Å². The highest BCUT2D eigenvalue weighted by molar-refractivity contribution is 7.19. The number of thiophene rings is 1. The molecule has 1 aliphatic carbocycles. The van der Waals surface area contributed by atoms with Crippen LogP contribution in [0.25, 0.3) is 21.1 Å². The monoisotopic (exact) mass is 451 g/mol. The van der Waals surface area contributed by atoms with E-state index in [1.165, 1.54) is 15.3 Å². The average Bonchev–Trinajstić information content (AvgIpc) is 3.36. The lowest BCUT2D eigenvalue weighted by molar-refractivity contribution is 0.0685. The molecule has 2 N–H and O–H groups in total. The Labute approximate surface area is 189 Å². The van der Waals surface area contributed by atoms with Crippen molar-refractivity contribution >= 4 is 55.7 Å². The summed E-state index contributed by atoms with van der Waals surface area (Å²) in [6.07, 6.45) is 5.32. The molecule has 1 aromatic carbocycles. The van der Waals surface area contributed by atoms with Crippen LogP contribution in [0.1, 0.15) is 16.9 Å². The van der Waals surface area contributed by atoms with Gasteiger partial charge in [0.05, 0.1) is 28.5 Å². The molecule has 0 aliphatic heterocycles. The number of aryl methyl sites for hydroxylation is 1. The predicted molar refractivity (Wildman–Crippen MR) is 127 cm³/mol. The molecule has 0 saturated carbocycles. The van der Waals surface area contributed by atoms with Crippen LogP contribution in [0.4, 0.5) is 22.0 Å². The van der Waals surface area contributed by atoms with E-state index in [4.69, 9.17) is 4.74 Å². The van der Waals surface area contributed by atoms with Crippen molar-refractivity contribution in [2.75, 3.05) is 38.4 Å². The van der Waals surface area contributed by atoms with Gasteiger partial charge in [-0.2, -0.15) is 5.10 Å². The third kappa shape index (κ3) is 3.60. The lowest BCUT2D eigenvalue weighted by Crippen LogP contribution is -2.31. The van der Waals surface area contributed by atoms with Gasteiger partial charge in [-0.05, 0) is 30.5 Å². The first-order chi connectivity index (χ1) is 15.4. The molecule has 9 nitrogen and oxygen atoms in total. The standard InChI is InChI=1S/C22H25N7O2S/c1-28(2)17-9-15-12(10-25-27-15)7-16(17)26-20-19-14-6-5-13(31-22(30)29(3)4)8-18(14)32-21(19)24-11-23-20/h7,9-11,13H,5-6,8H2,1-4H3,(H,25,27)(H,23,24,26). The summed E-state index contributed by atoms with van der Waals surface area (Å²) in [7, 11) is 7.43. The molecule has 0 fully saturated rings. The molecular weight excluding hydrogens is 426 g/mol. The predicted octanol–water partition coefficient (Wildman–Crippen LogP) is 3.93. The zero-order valence-electron chi connectivity index (χ0n) is 18.5. The van der Waals surface area contributed by atoms with Crippen LogP contribution in [0, 0.1) is 0 Å². The number of rotatable bonds is 4. The number of carbonyl (C=O) groups excluding carboxylic acids is 1. The number of anilines is 3. The molecule has 0 saturated heterocycles. The fraction of sp³-hybridized carbons (Fsp3) is 0.364. The smallest absolute Gasteiger partial charge is 0.409 e. The summed E-state index contributed by atoms with van der Waals surface area (Å²) >= 11 is 1.66. The summed E-state index contributed by atoms with van der Waals surface area (Å²) in [5.74, 6) is 0.794. The molecule has 10 heteroatoms. The topological polar surface area (TPSA) is 99.3 Å². The lowest BCUT2D eigenvalue weighted by Gasteiger charge is -2.24. The Morgan fingerprint density at radius 1 is 1.25 bits per heavy atom. The Bertz CT molecular complexity index is 1310. The summed E-state index contributed by atoms with van der Waals surface area (Å²) in [6, 6.07) is 4.16. The number of ether oxygens (including phenoxy) is 1. The molecule has 5 rings (SSSR count). The van der Waals surface area contributed by atoms with E-state index in [0.29, 0.717) is 6.42 Å². The van der Waals surface area contributed by atoms with Crippen LogP contribution in [0.15, 0.2) is 24.7 Å². The molecule has 4 aromatic rings. The number of benzene rings is 1. The molecule has 1 aliphatic rings. The second-order valence-corrected chi connectivity index (χ2v) is 9.48. The van der Waals surface area contributed by atoms with Gasteiger partial charge < -0.3 is 19.9 Å². The van der Waals surface area contributed by atoms with Crippen molar-refractivity contribution in [1.29, 1.82) is 0 Å². The molecule has 1 atom stereocenters. The van der Waals surface area contributed by atoms with Gasteiger partial charge >= 0.3 is 6.09 Å². The Hall–Kier alpha value is -3.40. The number of nitrogens with zero attached hydrogens (tertiary/aromatic N) is 5. The second-order valence-electron chi connectivity index (χ2n) is 8.40. The Kier molecular flexibility index (Phi) is 5.09. The van der Waals surface area contributed by atoms with Crippen LogP contribution in [-0.4, -0.2) is 65.5 Å². The van der Waals surface area contributed by atoms with Gasteiger partial charge in [0.2, 0.25) is 0 Å². The quantitative estimate of drug-likeness (QED) is 0.485. The van der Waals surface area contributed by atoms with Crippen molar-refractivity contribution in [3.05, 3.63) is 35.1 Å². The zero-order chi connectivity index (χ0) is 22.4. The number of aromatic amines is 1. The molecule has 32 heavy (non-hydrogen) atoms. The first-order valence-corrected chi connectivity index (χ1v) is 11.3. The van der Waals surface area contributed by atoms with Crippen molar-refractivity contribution in [2.45, 2.75) is 25.4 Å². The lowest BCUT2D eigenvalue weighted by atomic mass is 9.94. The second kappa shape index (κ2) is 7.94. The number of nitrogens with one attached hydrogen (secondary N) is 2. The summed E-state index contributed by atoms with van der Waals surface area (Å²) in [5, 5.41) is 12.8. The highest BCUT2D eigenvalue weighted by Crippen LogP contribution is 2.41. The molecule has 0 radical (unpaired) electrons. The number of H-pyrrole nitrogens is 1. The van der Waals surface area contributed by atoms with Gasteiger partial charge in [-0.15, -0.1) is 11.3 Å². The van der Waals surface area contributed by atoms with E-state index >= 15 is 0 Å².